The van der Waals surface area contributed by atoms with Crippen LogP contribution in [0, 0.1) is 0 Å². The molecule has 0 aliphatic heterocycles. The van der Waals surface area contributed by atoms with Crippen LogP contribution in [0.1, 0.15) is 27.9 Å². The minimum Gasteiger partial charge on any atom is -0.491 e. The number of hydrogen-bond acceptors (Lipinski definition) is 8. The summed E-state index contributed by atoms with van der Waals surface area (Å²) in [5.41, 5.74) is 3.67. The van der Waals surface area contributed by atoms with E-state index in [1.165, 1.54) is 12.1 Å². The summed E-state index contributed by atoms with van der Waals surface area (Å²) in [6.45, 7) is 1.12. The van der Waals surface area contributed by atoms with E-state index in [0.29, 0.717) is 30.2 Å². The largest absolute Gasteiger partial charge is 0.569 e. The summed E-state index contributed by atoms with van der Waals surface area (Å²) >= 11 is 0. The van der Waals surface area contributed by atoms with Gasteiger partial charge in [-0.25, -0.2) is 8.42 Å². The molecule has 6 aromatic carbocycles. The third-order valence-corrected chi connectivity index (χ3v) is 11.2. The van der Waals surface area contributed by atoms with E-state index >= 15 is 0 Å². The fourth-order valence-corrected chi connectivity index (χ4v) is 8.02. The molecule has 0 saturated heterocycles. The van der Waals surface area contributed by atoms with Crippen LogP contribution in [0.3, 0.4) is 0 Å². The molecule has 0 heterocycles. The molecule has 0 amide bonds. The average Bonchev–Trinajstić information content (AvgIpc) is 3.20. The Bertz CT molecular complexity index is 2140. The lowest BCUT2D eigenvalue weighted by Crippen LogP contribution is -2.32. The first kappa shape index (κ1) is 38.2. The molecule has 9 nitrogen and oxygen atoms in total. The highest BCUT2D eigenvalue weighted by Gasteiger charge is 2.37. The number of rotatable bonds is 19. The standard InChI is InChI=1S/C43H42N2O7PS/c46-37(30-44-28-27-33-21-23-38(24-22-33)52-53(47)43(35-15-7-2-8-16-35)36-17-9-3-10-18-36)32-50-39-25-26-42(51-31-34-13-5-1-6-14-34)41(29-39)45-54(48,49)40-19-11-4-12-20-40/h1-26,29,37,43-46H,27-28,30-32H2/q+1/t37-/m0/s1. The van der Waals surface area contributed by atoms with Crippen LogP contribution in [-0.2, 0) is 27.6 Å². The molecule has 0 radical (unpaired) electrons. The SMILES string of the molecule is O=[P+](Oc1ccc(CCNC[C@H](O)COc2ccc(OCc3ccccc3)c(NS(=O)(=O)c3ccccc3)c2)cc1)C(c1ccccc1)c1ccccc1. The Morgan fingerprint density at radius 2 is 1.22 bits per heavy atom. The van der Waals surface area contributed by atoms with Crippen molar-refractivity contribution in [3.05, 3.63) is 186 Å². The Morgan fingerprint density at radius 1 is 0.648 bits per heavy atom. The van der Waals surface area contributed by atoms with Crippen molar-refractivity contribution in [3.63, 3.8) is 0 Å². The number of ether oxygens (including phenoxy) is 2. The van der Waals surface area contributed by atoms with E-state index in [1.807, 2.05) is 115 Å². The fourth-order valence-electron chi connectivity index (χ4n) is 5.68. The Balaban J connectivity index is 0.986. The third-order valence-electron chi connectivity index (χ3n) is 8.46. The smallest absolute Gasteiger partial charge is 0.491 e. The van der Waals surface area contributed by atoms with Gasteiger partial charge in [-0.1, -0.05) is 121 Å². The Labute approximate surface area is 317 Å². The second kappa shape index (κ2) is 19.0. The van der Waals surface area contributed by atoms with Crippen LogP contribution in [0.5, 0.6) is 17.2 Å². The minimum absolute atomic E-state index is 0.0146. The summed E-state index contributed by atoms with van der Waals surface area (Å²) in [6, 6.07) is 49.5. The zero-order chi connectivity index (χ0) is 37.6. The summed E-state index contributed by atoms with van der Waals surface area (Å²) in [5, 5.41) is 13.9. The van der Waals surface area contributed by atoms with Gasteiger partial charge in [0.25, 0.3) is 10.0 Å². The fraction of sp³-hybridized carbons (Fsp3) is 0.163. The van der Waals surface area contributed by atoms with Crippen molar-refractivity contribution in [1.82, 2.24) is 5.32 Å². The molecule has 276 valence electrons. The van der Waals surface area contributed by atoms with E-state index in [0.717, 1.165) is 22.3 Å². The highest BCUT2D eigenvalue weighted by Crippen LogP contribution is 2.47. The van der Waals surface area contributed by atoms with Crippen molar-refractivity contribution in [2.24, 2.45) is 0 Å². The molecule has 6 rings (SSSR count). The quantitative estimate of drug-likeness (QED) is 0.0555. The average molecular weight is 762 g/mol. The molecule has 0 spiro atoms. The molecule has 0 saturated carbocycles. The summed E-state index contributed by atoms with van der Waals surface area (Å²) in [4.78, 5) is 0.115. The van der Waals surface area contributed by atoms with Crippen molar-refractivity contribution in [2.45, 2.75) is 29.7 Å². The van der Waals surface area contributed by atoms with Crippen LogP contribution >= 0.6 is 8.03 Å². The van der Waals surface area contributed by atoms with Crippen molar-refractivity contribution >= 4 is 23.7 Å². The zero-order valence-electron chi connectivity index (χ0n) is 29.5. The summed E-state index contributed by atoms with van der Waals surface area (Å²) < 4.78 is 60.2. The van der Waals surface area contributed by atoms with Crippen LogP contribution < -0.4 is 24.0 Å². The van der Waals surface area contributed by atoms with Crippen LogP contribution in [0.4, 0.5) is 5.69 Å². The summed E-state index contributed by atoms with van der Waals surface area (Å²) in [5.74, 6) is 1.24. The number of nitrogens with one attached hydrogen (secondary N) is 2. The number of anilines is 1. The number of hydrogen-bond donors (Lipinski definition) is 3. The summed E-state index contributed by atoms with van der Waals surface area (Å²) in [6.07, 6.45) is -0.121. The second-order valence-corrected chi connectivity index (χ2v) is 15.5. The van der Waals surface area contributed by atoms with Gasteiger partial charge in [0.2, 0.25) is 5.66 Å². The van der Waals surface area contributed by atoms with Crippen LogP contribution in [0.25, 0.3) is 0 Å². The normalized spacial score (nSPS) is 12.1. The first-order chi connectivity index (χ1) is 26.3. The maximum Gasteiger partial charge on any atom is 0.569 e. The second-order valence-electron chi connectivity index (χ2n) is 12.5. The minimum atomic E-state index is -3.90. The van der Waals surface area contributed by atoms with E-state index in [2.05, 4.69) is 10.0 Å². The van der Waals surface area contributed by atoms with Gasteiger partial charge in [-0.15, -0.1) is 0 Å². The maximum absolute atomic E-state index is 13.5. The maximum atomic E-state index is 13.5. The summed E-state index contributed by atoms with van der Waals surface area (Å²) in [7, 11) is -6.00. The van der Waals surface area contributed by atoms with E-state index in [1.54, 1.807) is 36.4 Å². The van der Waals surface area contributed by atoms with E-state index < -0.39 is 29.8 Å². The number of aliphatic hydroxyl groups excluding tert-OH is 1. The first-order valence-electron chi connectivity index (χ1n) is 17.6. The zero-order valence-corrected chi connectivity index (χ0v) is 31.2. The molecule has 0 aromatic heterocycles. The molecule has 2 atom stereocenters. The van der Waals surface area contributed by atoms with Crippen molar-refractivity contribution in [2.75, 3.05) is 24.4 Å². The molecular weight excluding hydrogens is 720 g/mol. The number of benzene rings is 6. The van der Waals surface area contributed by atoms with Gasteiger partial charge in [0.1, 0.15) is 30.8 Å². The van der Waals surface area contributed by atoms with Crippen molar-refractivity contribution < 1.29 is 32.1 Å². The molecule has 0 fully saturated rings. The molecule has 0 aliphatic rings. The monoisotopic (exact) mass is 761 g/mol. The number of sulfonamides is 1. The van der Waals surface area contributed by atoms with Crippen molar-refractivity contribution in [3.8, 4) is 17.2 Å². The first-order valence-corrected chi connectivity index (χ1v) is 20.3. The third kappa shape index (κ3) is 11.0. The van der Waals surface area contributed by atoms with Gasteiger partial charge in [0, 0.05) is 23.7 Å². The number of aliphatic hydroxyl groups is 1. The predicted octanol–water partition coefficient (Wildman–Crippen LogP) is 8.55. The Kier molecular flexibility index (Phi) is 13.5. The van der Waals surface area contributed by atoms with Gasteiger partial charge in [-0.2, -0.15) is 0 Å². The predicted molar refractivity (Wildman–Crippen MR) is 212 cm³/mol. The molecule has 11 heteroatoms. The molecule has 6 aromatic rings. The van der Waals surface area contributed by atoms with Gasteiger partial charge in [-0.3, -0.25) is 9.25 Å². The van der Waals surface area contributed by atoms with Gasteiger partial charge in [0.15, 0.2) is 5.75 Å². The van der Waals surface area contributed by atoms with Gasteiger partial charge in [0.05, 0.1) is 10.6 Å². The lowest BCUT2D eigenvalue weighted by Gasteiger charge is -2.17. The van der Waals surface area contributed by atoms with E-state index in [9.17, 15) is 18.1 Å². The molecular formula is C43H42N2O7PS+. The topological polar surface area (TPSA) is 123 Å². The van der Waals surface area contributed by atoms with Gasteiger partial charge < -0.3 is 19.9 Å². The van der Waals surface area contributed by atoms with Crippen LogP contribution in [0.2, 0.25) is 0 Å². The van der Waals surface area contributed by atoms with E-state index in [4.69, 9.17) is 14.0 Å². The van der Waals surface area contributed by atoms with Crippen molar-refractivity contribution in [1.29, 1.82) is 0 Å². The lowest BCUT2D eigenvalue weighted by atomic mass is 10.0. The molecule has 54 heavy (non-hydrogen) atoms. The van der Waals surface area contributed by atoms with Crippen LogP contribution in [-0.4, -0.2) is 39.3 Å². The highest BCUT2D eigenvalue weighted by molar-refractivity contribution is 7.92. The van der Waals surface area contributed by atoms with Gasteiger partial charge >= 0.3 is 8.03 Å². The van der Waals surface area contributed by atoms with E-state index in [-0.39, 0.29) is 30.3 Å². The highest BCUT2D eigenvalue weighted by atomic mass is 32.2. The molecule has 3 N–H and O–H groups in total. The lowest BCUT2D eigenvalue weighted by molar-refractivity contribution is 0.106. The molecule has 0 bridgehead atoms. The molecule has 1 unspecified atom stereocenters. The molecule has 0 aliphatic carbocycles. The van der Waals surface area contributed by atoms with Gasteiger partial charge in [-0.05, 0) is 65.1 Å². The Morgan fingerprint density at radius 3 is 1.85 bits per heavy atom. The Hall–Kier alpha value is -5.51. The van der Waals surface area contributed by atoms with Crippen LogP contribution in [0.15, 0.2) is 169 Å².